The molecule has 0 aliphatic heterocycles. The van der Waals surface area contributed by atoms with E-state index in [1.807, 2.05) is 32.0 Å². The number of rotatable bonds is 3. The first-order valence-corrected chi connectivity index (χ1v) is 6.96. The molecule has 0 amide bonds. The van der Waals surface area contributed by atoms with Crippen LogP contribution in [-0.4, -0.2) is 20.9 Å². The van der Waals surface area contributed by atoms with Gasteiger partial charge in [-0.2, -0.15) is 5.10 Å². The maximum Gasteiger partial charge on any atom is 0.340 e. The number of carboxylic acid groups (broad SMARTS) is 1. The SMILES string of the molecule is Cc1ccc(-n2nc(C3CC3)c(C(=O)O)c2Cl)c(C)c1. The predicted molar refractivity (Wildman–Crippen MR) is 77.0 cm³/mol. The summed E-state index contributed by atoms with van der Waals surface area (Å²) in [5.41, 5.74) is 3.76. The van der Waals surface area contributed by atoms with Crippen LogP contribution in [0.15, 0.2) is 18.2 Å². The Kier molecular flexibility index (Phi) is 3.05. The zero-order valence-corrected chi connectivity index (χ0v) is 12.1. The Balaban J connectivity index is 2.19. The Labute approximate surface area is 122 Å². The van der Waals surface area contributed by atoms with Crippen molar-refractivity contribution in [3.8, 4) is 5.69 Å². The Morgan fingerprint density at radius 1 is 1.40 bits per heavy atom. The number of aromatic nitrogens is 2. The molecule has 0 spiro atoms. The van der Waals surface area contributed by atoms with Crippen molar-refractivity contribution in [2.75, 3.05) is 0 Å². The van der Waals surface area contributed by atoms with Gasteiger partial charge in [0.15, 0.2) is 0 Å². The van der Waals surface area contributed by atoms with Crippen LogP contribution in [0.2, 0.25) is 5.15 Å². The van der Waals surface area contributed by atoms with E-state index in [0.717, 1.165) is 29.7 Å². The highest BCUT2D eigenvalue weighted by molar-refractivity contribution is 6.33. The van der Waals surface area contributed by atoms with Crippen LogP contribution in [-0.2, 0) is 0 Å². The topological polar surface area (TPSA) is 55.1 Å². The third kappa shape index (κ3) is 2.10. The highest BCUT2D eigenvalue weighted by atomic mass is 35.5. The van der Waals surface area contributed by atoms with Crippen molar-refractivity contribution >= 4 is 17.6 Å². The van der Waals surface area contributed by atoms with Gasteiger partial charge in [-0.3, -0.25) is 0 Å². The first-order chi connectivity index (χ1) is 9.49. The predicted octanol–water partition coefficient (Wildman–Crippen LogP) is 3.72. The minimum absolute atomic E-state index is 0.147. The van der Waals surface area contributed by atoms with Crippen molar-refractivity contribution in [3.63, 3.8) is 0 Å². The van der Waals surface area contributed by atoms with E-state index >= 15 is 0 Å². The molecule has 5 heteroatoms. The molecule has 0 bridgehead atoms. The van der Waals surface area contributed by atoms with Crippen molar-refractivity contribution in [1.29, 1.82) is 0 Å². The van der Waals surface area contributed by atoms with Gasteiger partial charge in [0, 0.05) is 5.92 Å². The second-order valence-electron chi connectivity index (χ2n) is 5.33. The molecule has 2 aromatic rings. The quantitative estimate of drug-likeness (QED) is 0.937. The zero-order valence-electron chi connectivity index (χ0n) is 11.4. The standard InChI is InChI=1S/C15H15ClN2O2/c1-8-3-6-11(9(2)7-8)18-14(16)12(15(19)20)13(17-18)10-4-5-10/h3,6-7,10H,4-5H2,1-2H3,(H,19,20). The highest BCUT2D eigenvalue weighted by Gasteiger charge is 2.34. The number of hydrogen-bond donors (Lipinski definition) is 1. The maximum absolute atomic E-state index is 11.4. The van der Waals surface area contributed by atoms with Gasteiger partial charge in [-0.1, -0.05) is 29.3 Å². The molecule has 1 saturated carbocycles. The molecule has 1 heterocycles. The lowest BCUT2D eigenvalue weighted by molar-refractivity contribution is 0.0696. The first-order valence-electron chi connectivity index (χ1n) is 6.58. The van der Waals surface area contributed by atoms with Gasteiger partial charge < -0.3 is 5.11 Å². The van der Waals surface area contributed by atoms with E-state index in [1.165, 1.54) is 0 Å². The normalized spacial score (nSPS) is 14.6. The highest BCUT2D eigenvalue weighted by Crippen LogP contribution is 2.43. The number of aryl methyl sites for hydroxylation is 2. The van der Waals surface area contributed by atoms with Crippen LogP contribution >= 0.6 is 11.6 Å². The van der Waals surface area contributed by atoms with Crippen LogP contribution in [0.3, 0.4) is 0 Å². The molecule has 1 aliphatic rings. The fourth-order valence-electron chi connectivity index (χ4n) is 2.46. The number of carboxylic acids is 1. The molecule has 0 unspecified atom stereocenters. The minimum atomic E-state index is -1.01. The van der Waals surface area contributed by atoms with E-state index in [9.17, 15) is 9.90 Å². The van der Waals surface area contributed by atoms with E-state index in [4.69, 9.17) is 11.6 Å². The number of hydrogen-bond acceptors (Lipinski definition) is 2. The summed E-state index contributed by atoms with van der Waals surface area (Å²) in [7, 11) is 0. The van der Waals surface area contributed by atoms with Crippen LogP contribution in [0.25, 0.3) is 5.69 Å². The number of benzene rings is 1. The minimum Gasteiger partial charge on any atom is -0.478 e. The van der Waals surface area contributed by atoms with Crippen molar-refractivity contribution in [3.05, 3.63) is 45.7 Å². The number of aromatic carboxylic acids is 1. The fraction of sp³-hybridized carbons (Fsp3) is 0.333. The summed E-state index contributed by atoms with van der Waals surface area (Å²) in [6.45, 7) is 3.98. The van der Waals surface area contributed by atoms with Gasteiger partial charge in [0.05, 0.1) is 11.4 Å². The van der Waals surface area contributed by atoms with Gasteiger partial charge >= 0.3 is 5.97 Å². The van der Waals surface area contributed by atoms with Crippen LogP contribution < -0.4 is 0 Å². The Morgan fingerprint density at radius 3 is 2.65 bits per heavy atom. The molecular weight excluding hydrogens is 276 g/mol. The molecule has 1 aromatic carbocycles. The second-order valence-corrected chi connectivity index (χ2v) is 5.69. The molecule has 0 radical (unpaired) electrons. The molecular formula is C15H15ClN2O2. The van der Waals surface area contributed by atoms with Gasteiger partial charge in [-0.05, 0) is 38.3 Å². The Bertz CT molecular complexity index is 702. The summed E-state index contributed by atoms with van der Waals surface area (Å²) in [5.74, 6) is -0.765. The molecule has 20 heavy (non-hydrogen) atoms. The first kappa shape index (κ1) is 13.2. The molecule has 0 atom stereocenters. The average molecular weight is 291 g/mol. The lowest BCUT2D eigenvalue weighted by Gasteiger charge is -2.08. The second kappa shape index (κ2) is 4.63. The van der Waals surface area contributed by atoms with Gasteiger partial charge in [0.2, 0.25) is 0 Å². The van der Waals surface area contributed by atoms with E-state index in [2.05, 4.69) is 5.10 Å². The van der Waals surface area contributed by atoms with Gasteiger partial charge in [-0.15, -0.1) is 0 Å². The summed E-state index contributed by atoms with van der Waals surface area (Å²) in [4.78, 5) is 11.4. The van der Waals surface area contributed by atoms with Crippen molar-refractivity contribution in [1.82, 2.24) is 9.78 Å². The van der Waals surface area contributed by atoms with E-state index < -0.39 is 5.97 Å². The number of halogens is 1. The summed E-state index contributed by atoms with van der Waals surface area (Å²) in [6.07, 6.45) is 1.97. The van der Waals surface area contributed by atoms with Crippen molar-refractivity contribution in [2.24, 2.45) is 0 Å². The van der Waals surface area contributed by atoms with E-state index in [1.54, 1.807) is 4.68 Å². The summed E-state index contributed by atoms with van der Waals surface area (Å²) >= 11 is 6.26. The van der Waals surface area contributed by atoms with Crippen LogP contribution in [0.1, 0.15) is 45.9 Å². The molecule has 0 saturated heterocycles. The lowest BCUT2D eigenvalue weighted by atomic mass is 10.1. The van der Waals surface area contributed by atoms with E-state index in [0.29, 0.717) is 5.69 Å². The summed E-state index contributed by atoms with van der Waals surface area (Å²) in [5, 5.41) is 14.0. The third-order valence-corrected chi connectivity index (χ3v) is 3.96. The van der Waals surface area contributed by atoms with E-state index in [-0.39, 0.29) is 16.6 Å². The number of carbonyl (C=O) groups is 1. The van der Waals surface area contributed by atoms with Crippen molar-refractivity contribution < 1.29 is 9.90 Å². The Hall–Kier alpha value is -1.81. The molecule has 3 rings (SSSR count). The molecule has 1 fully saturated rings. The molecule has 1 aliphatic carbocycles. The third-order valence-electron chi connectivity index (χ3n) is 3.61. The average Bonchev–Trinajstić information content (AvgIpc) is 3.14. The molecule has 4 nitrogen and oxygen atoms in total. The fourth-order valence-corrected chi connectivity index (χ4v) is 2.76. The summed E-state index contributed by atoms with van der Waals surface area (Å²) in [6, 6.07) is 5.92. The van der Waals surface area contributed by atoms with Crippen LogP contribution in [0.5, 0.6) is 0 Å². The smallest absolute Gasteiger partial charge is 0.340 e. The molecule has 1 aromatic heterocycles. The van der Waals surface area contributed by atoms with Crippen LogP contribution in [0.4, 0.5) is 0 Å². The Morgan fingerprint density at radius 2 is 2.10 bits per heavy atom. The van der Waals surface area contributed by atoms with Crippen LogP contribution in [0, 0.1) is 13.8 Å². The molecule has 1 N–H and O–H groups in total. The van der Waals surface area contributed by atoms with Gasteiger partial charge in [0.1, 0.15) is 10.7 Å². The monoisotopic (exact) mass is 290 g/mol. The molecule has 104 valence electrons. The van der Waals surface area contributed by atoms with Gasteiger partial charge in [0.25, 0.3) is 0 Å². The largest absolute Gasteiger partial charge is 0.478 e. The lowest BCUT2D eigenvalue weighted by Crippen LogP contribution is -2.01. The zero-order chi connectivity index (χ0) is 14.4. The van der Waals surface area contributed by atoms with Crippen molar-refractivity contribution in [2.45, 2.75) is 32.6 Å². The van der Waals surface area contributed by atoms with Gasteiger partial charge in [-0.25, -0.2) is 9.48 Å². The summed E-state index contributed by atoms with van der Waals surface area (Å²) < 4.78 is 1.55. The number of nitrogens with zero attached hydrogens (tertiary/aromatic N) is 2. The maximum atomic E-state index is 11.4.